The van der Waals surface area contributed by atoms with E-state index in [2.05, 4.69) is 10.6 Å². The van der Waals surface area contributed by atoms with Gasteiger partial charge < -0.3 is 24.5 Å². The maximum atomic E-state index is 12.8. The van der Waals surface area contributed by atoms with Crippen LogP contribution in [0.2, 0.25) is 0 Å². The van der Waals surface area contributed by atoms with E-state index in [4.69, 9.17) is 13.9 Å². The van der Waals surface area contributed by atoms with Crippen molar-refractivity contribution in [2.45, 2.75) is 32.7 Å². The zero-order chi connectivity index (χ0) is 20.7. The van der Waals surface area contributed by atoms with E-state index >= 15 is 0 Å². The molecule has 2 N–H and O–H groups in total. The first-order valence-corrected chi connectivity index (χ1v) is 8.90. The molecule has 2 rings (SSSR count). The zero-order valence-corrected chi connectivity index (χ0v) is 16.8. The summed E-state index contributed by atoms with van der Waals surface area (Å²) in [6.45, 7) is 5.79. The minimum atomic E-state index is -0.455. The highest BCUT2D eigenvalue weighted by molar-refractivity contribution is 6.05. The topological polar surface area (TPSA) is 89.8 Å². The predicted molar refractivity (Wildman–Crippen MR) is 106 cm³/mol. The van der Waals surface area contributed by atoms with Gasteiger partial charge in [-0.2, -0.15) is 0 Å². The summed E-state index contributed by atoms with van der Waals surface area (Å²) in [5, 5.41) is 5.57. The molecule has 0 bridgehead atoms. The molecule has 28 heavy (non-hydrogen) atoms. The SMILES string of the molecule is CCC(C)(C)NC(=O)/C(=C/c1ccco1)NC(=O)c1ccc(OC)c(OC)c1. The Morgan fingerprint density at radius 3 is 2.43 bits per heavy atom. The maximum absolute atomic E-state index is 12.8. The molecule has 1 aromatic heterocycles. The Labute approximate surface area is 164 Å². The van der Waals surface area contributed by atoms with Gasteiger partial charge in [0.05, 0.1) is 20.5 Å². The highest BCUT2D eigenvalue weighted by atomic mass is 16.5. The Morgan fingerprint density at radius 2 is 1.86 bits per heavy atom. The van der Waals surface area contributed by atoms with Crippen molar-refractivity contribution in [2.75, 3.05) is 14.2 Å². The van der Waals surface area contributed by atoms with Crippen LogP contribution < -0.4 is 20.1 Å². The molecule has 0 saturated heterocycles. The fourth-order valence-electron chi connectivity index (χ4n) is 2.31. The number of nitrogens with one attached hydrogen (secondary N) is 2. The quantitative estimate of drug-likeness (QED) is 0.679. The van der Waals surface area contributed by atoms with E-state index in [9.17, 15) is 9.59 Å². The van der Waals surface area contributed by atoms with Crippen LogP contribution in [0, 0.1) is 0 Å². The smallest absolute Gasteiger partial charge is 0.268 e. The van der Waals surface area contributed by atoms with E-state index in [1.807, 2.05) is 20.8 Å². The van der Waals surface area contributed by atoms with Gasteiger partial charge in [0, 0.05) is 17.2 Å². The first-order valence-electron chi connectivity index (χ1n) is 8.90. The lowest BCUT2D eigenvalue weighted by Gasteiger charge is -2.25. The Balaban J connectivity index is 2.29. The molecule has 0 radical (unpaired) electrons. The zero-order valence-electron chi connectivity index (χ0n) is 16.8. The molecule has 7 nitrogen and oxygen atoms in total. The number of carbonyl (C=O) groups is 2. The first-order chi connectivity index (χ1) is 13.3. The highest BCUT2D eigenvalue weighted by Gasteiger charge is 2.22. The Bertz CT molecular complexity index is 854. The number of methoxy groups -OCH3 is 2. The Morgan fingerprint density at radius 1 is 1.14 bits per heavy atom. The van der Waals surface area contributed by atoms with Gasteiger partial charge in [-0.3, -0.25) is 9.59 Å². The van der Waals surface area contributed by atoms with E-state index in [-0.39, 0.29) is 5.70 Å². The molecule has 1 heterocycles. The van der Waals surface area contributed by atoms with E-state index < -0.39 is 17.4 Å². The van der Waals surface area contributed by atoms with Crippen LogP contribution in [0.4, 0.5) is 0 Å². The summed E-state index contributed by atoms with van der Waals surface area (Å²) in [5.74, 6) is 0.517. The molecule has 0 spiro atoms. The summed E-state index contributed by atoms with van der Waals surface area (Å²) in [6, 6.07) is 8.17. The highest BCUT2D eigenvalue weighted by Crippen LogP contribution is 2.27. The monoisotopic (exact) mass is 386 g/mol. The van der Waals surface area contributed by atoms with Crippen LogP contribution in [0.15, 0.2) is 46.7 Å². The Kier molecular flexibility index (Phi) is 6.87. The second-order valence-corrected chi connectivity index (χ2v) is 6.79. The standard InChI is InChI=1S/C21H26N2O5/c1-6-21(2,3)23-20(25)16(13-15-8-7-11-28-15)22-19(24)14-9-10-17(26-4)18(12-14)27-5/h7-13H,6H2,1-5H3,(H,22,24)(H,23,25)/b16-13-. The minimum Gasteiger partial charge on any atom is -0.493 e. The van der Waals surface area contributed by atoms with Crippen molar-refractivity contribution in [3.63, 3.8) is 0 Å². The predicted octanol–water partition coefficient (Wildman–Crippen LogP) is 3.37. The van der Waals surface area contributed by atoms with Gasteiger partial charge in [0.2, 0.25) is 0 Å². The molecule has 0 aliphatic heterocycles. The lowest BCUT2D eigenvalue weighted by atomic mass is 10.0. The Hall–Kier alpha value is -3.22. The van der Waals surface area contributed by atoms with Crippen LogP contribution in [0.5, 0.6) is 11.5 Å². The number of furan rings is 1. The third kappa shape index (κ3) is 5.39. The normalized spacial score (nSPS) is 11.7. The number of ether oxygens (including phenoxy) is 2. The van der Waals surface area contributed by atoms with Gasteiger partial charge in [-0.1, -0.05) is 6.92 Å². The van der Waals surface area contributed by atoms with Crippen molar-refractivity contribution in [1.29, 1.82) is 0 Å². The van der Waals surface area contributed by atoms with E-state index in [0.29, 0.717) is 22.8 Å². The number of amides is 2. The summed E-state index contributed by atoms with van der Waals surface area (Å²) in [5.41, 5.74) is -0.0188. The lowest BCUT2D eigenvalue weighted by Crippen LogP contribution is -2.46. The van der Waals surface area contributed by atoms with Crippen molar-refractivity contribution in [2.24, 2.45) is 0 Å². The van der Waals surface area contributed by atoms with Crippen LogP contribution in [-0.2, 0) is 4.79 Å². The molecule has 2 amide bonds. The summed E-state index contributed by atoms with van der Waals surface area (Å²) in [6.07, 6.45) is 3.71. The number of carbonyl (C=O) groups excluding carboxylic acids is 2. The molecular formula is C21H26N2O5. The molecule has 7 heteroatoms. The van der Waals surface area contributed by atoms with Gasteiger partial charge in [-0.25, -0.2) is 0 Å². The molecule has 1 aromatic carbocycles. The van der Waals surface area contributed by atoms with Gasteiger partial charge >= 0.3 is 0 Å². The van der Waals surface area contributed by atoms with Gasteiger partial charge in [0.1, 0.15) is 11.5 Å². The van der Waals surface area contributed by atoms with E-state index in [1.165, 1.54) is 26.6 Å². The molecule has 0 fully saturated rings. The van der Waals surface area contributed by atoms with Gasteiger partial charge in [0.25, 0.3) is 11.8 Å². The second-order valence-electron chi connectivity index (χ2n) is 6.79. The summed E-state index contributed by atoms with van der Waals surface area (Å²) in [7, 11) is 3.00. The van der Waals surface area contributed by atoms with Crippen molar-refractivity contribution < 1.29 is 23.5 Å². The summed E-state index contributed by atoms with van der Waals surface area (Å²) >= 11 is 0. The summed E-state index contributed by atoms with van der Waals surface area (Å²) < 4.78 is 15.7. The number of benzene rings is 1. The molecule has 0 unspecified atom stereocenters. The molecule has 0 aliphatic rings. The van der Waals surface area contributed by atoms with Crippen LogP contribution in [0.25, 0.3) is 6.08 Å². The van der Waals surface area contributed by atoms with Crippen molar-refractivity contribution in [1.82, 2.24) is 10.6 Å². The maximum Gasteiger partial charge on any atom is 0.268 e. The number of rotatable bonds is 8. The van der Waals surface area contributed by atoms with Crippen LogP contribution in [-0.4, -0.2) is 31.6 Å². The van der Waals surface area contributed by atoms with Crippen LogP contribution in [0.3, 0.4) is 0 Å². The van der Waals surface area contributed by atoms with Gasteiger partial charge in [0.15, 0.2) is 11.5 Å². The second kappa shape index (κ2) is 9.12. The lowest BCUT2D eigenvalue weighted by molar-refractivity contribution is -0.119. The molecule has 150 valence electrons. The van der Waals surface area contributed by atoms with Gasteiger partial charge in [-0.15, -0.1) is 0 Å². The van der Waals surface area contributed by atoms with Crippen LogP contribution >= 0.6 is 0 Å². The molecule has 0 saturated carbocycles. The molecule has 0 aliphatic carbocycles. The fraction of sp³-hybridized carbons (Fsp3) is 0.333. The van der Waals surface area contributed by atoms with Crippen molar-refractivity contribution in [3.05, 3.63) is 53.6 Å². The average molecular weight is 386 g/mol. The molecule has 2 aromatic rings. The largest absolute Gasteiger partial charge is 0.493 e. The van der Waals surface area contributed by atoms with E-state index in [1.54, 1.807) is 30.3 Å². The minimum absolute atomic E-state index is 0.0799. The molecular weight excluding hydrogens is 360 g/mol. The summed E-state index contributed by atoms with van der Waals surface area (Å²) in [4.78, 5) is 25.5. The first kappa shape index (κ1) is 21.1. The number of hydrogen-bond acceptors (Lipinski definition) is 5. The third-order valence-electron chi connectivity index (χ3n) is 4.30. The average Bonchev–Trinajstić information content (AvgIpc) is 3.19. The fourth-order valence-corrected chi connectivity index (χ4v) is 2.31. The van der Waals surface area contributed by atoms with Crippen LogP contribution in [0.1, 0.15) is 43.3 Å². The van der Waals surface area contributed by atoms with Crippen molar-refractivity contribution in [3.8, 4) is 11.5 Å². The molecule has 0 atom stereocenters. The van der Waals surface area contributed by atoms with Gasteiger partial charge in [-0.05, 0) is 50.6 Å². The van der Waals surface area contributed by atoms with E-state index in [0.717, 1.165) is 6.42 Å². The number of hydrogen-bond donors (Lipinski definition) is 2. The third-order valence-corrected chi connectivity index (χ3v) is 4.30. The van der Waals surface area contributed by atoms with Crippen molar-refractivity contribution >= 4 is 17.9 Å².